The van der Waals surface area contributed by atoms with E-state index in [9.17, 15) is 0 Å². The van der Waals surface area contributed by atoms with Crippen molar-refractivity contribution in [2.45, 2.75) is 199 Å². The Labute approximate surface area is 668 Å². The van der Waals surface area contributed by atoms with Gasteiger partial charge in [0, 0.05) is 11.1 Å². The Bertz CT molecular complexity index is 3350. The van der Waals surface area contributed by atoms with Gasteiger partial charge in [-0.1, -0.05) is 214 Å². The van der Waals surface area contributed by atoms with E-state index in [1.54, 1.807) is 18.2 Å². The first-order valence-electron chi connectivity index (χ1n) is 42.8. The van der Waals surface area contributed by atoms with Crippen LogP contribution < -0.4 is 9.47 Å². The highest BCUT2D eigenvalue weighted by atomic mass is 19.2. The summed E-state index contributed by atoms with van der Waals surface area (Å²) >= 11 is 0. The summed E-state index contributed by atoms with van der Waals surface area (Å²) in [5.74, 6) is -1.11. The van der Waals surface area contributed by atoms with Crippen molar-refractivity contribution in [2.75, 3.05) is 165 Å². The zero-order valence-corrected chi connectivity index (χ0v) is 68.0. The van der Waals surface area contributed by atoms with E-state index >= 15 is 17.6 Å². The minimum atomic E-state index is -1.02. The predicted molar refractivity (Wildman–Crippen MR) is 439 cm³/mol. The van der Waals surface area contributed by atoms with Crippen molar-refractivity contribution in [3.8, 4) is 56.0 Å². The third-order valence-corrected chi connectivity index (χ3v) is 21.6. The molecule has 0 radical (unpaired) electrons. The second-order valence-corrected chi connectivity index (χ2v) is 30.0. The molecule has 0 aliphatic heterocycles. The second-order valence-electron chi connectivity index (χ2n) is 30.0. The molecule has 8 rings (SSSR count). The van der Waals surface area contributed by atoms with Crippen molar-refractivity contribution in [3.05, 3.63) is 156 Å². The lowest BCUT2D eigenvalue weighted by atomic mass is 9.77. The first kappa shape index (κ1) is 91.7. The maximum Gasteiger partial charge on any atom is 0.201 e. The van der Waals surface area contributed by atoms with Crippen LogP contribution in [0.3, 0.4) is 0 Å². The maximum atomic E-state index is 15.9. The quantitative estimate of drug-likeness (QED) is 0.0265. The van der Waals surface area contributed by atoms with Crippen molar-refractivity contribution in [1.82, 2.24) is 0 Å². The molecule has 2 fully saturated rings. The molecule has 6 aromatic carbocycles. The molecule has 14 nitrogen and oxygen atoms in total. The summed E-state index contributed by atoms with van der Waals surface area (Å²) < 4.78 is 141. The van der Waals surface area contributed by atoms with E-state index in [-0.39, 0.29) is 42.4 Å². The van der Waals surface area contributed by atoms with Gasteiger partial charge in [0.1, 0.15) is 12.7 Å². The lowest BCUT2D eigenvalue weighted by molar-refractivity contribution is -0.0296. The highest BCUT2D eigenvalue weighted by molar-refractivity contribution is 5.73. The Balaban J connectivity index is 0.543. The molecule has 0 saturated heterocycles. The van der Waals surface area contributed by atoms with Crippen LogP contribution >= 0.6 is 0 Å². The zero-order chi connectivity index (χ0) is 78.5. The number of hydrogen-bond acceptors (Lipinski definition) is 14. The van der Waals surface area contributed by atoms with Gasteiger partial charge in [-0.05, 0) is 157 Å². The molecular formula is C94H134F4O14. The van der Waals surface area contributed by atoms with E-state index in [4.69, 9.17) is 66.3 Å². The maximum absolute atomic E-state index is 15.9. The standard InChI is InChI=1S/C94H134F4O14/c1-4-7-10-11-12-13-14-17-20-86(112-90-48-46-88(92(96)94(90)98)85-43-39-83(40-44-85)81-35-31-79(32-36-81)77-27-23-75(24-28-77)19-16-9-6-3)73-110-70-69-108-66-65-106-62-61-104-58-57-102-54-53-100-50-49-99-51-52-101-55-56-103-59-60-105-63-64-107-67-68-109-71-72-111-89-47-45-87(91(95)93(89)97)84-41-37-82(38-42-84)80-33-29-78(30-34-80)76-25-21-74(22-26-76)18-15-8-5-2/h29-48,74-77,86H,4-28,49-73H2,1-3H3. The first-order valence-corrected chi connectivity index (χ1v) is 42.8. The molecule has 2 aliphatic rings. The minimum Gasteiger partial charge on any atom is -0.488 e. The SMILES string of the molecule is CCCCCCCCCCC(COCCOCCOCCOCCOCCOCCOCCOCCOCCOCCOCCOCCOc1ccc(-c2ccc(-c3ccc(C4CCC(CCCCC)CC4)cc3)cc2)c(F)c1F)Oc1ccc(-c2ccc(-c3ccc(C4CCC(CCCCC)CC4)cc3)cc2)c(F)c1F. The number of ether oxygens (including phenoxy) is 14. The highest BCUT2D eigenvalue weighted by Crippen LogP contribution is 2.41. The number of halogens is 4. The van der Waals surface area contributed by atoms with Gasteiger partial charge in [0.25, 0.3) is 0 Å². The Hall–Kier alpha value is -5.84. The van der Waals surface area contributed by atoms with Gasteiger partial charge >= 0.3 is 0 Å². The molecule has 112 heavy (non-hydrogen) atoms. The largest absolute Gasteiger partial charge is 0.488 e. The van der Waals surface area contributed by atoms with Gasteiger partial charge < -0.3 is 66.3 Å². The van der Waals surface area contributed by atoms with Gasteiger partial charge in [-0.25, -0.2) is 8.78 Å². The van der Waals surface area contributed by atoms with Crippen LogP contribution in [0.1, 0.15) is 204 Å². The molecular weight excluding hydrogens is 1430 g/mol. The average molecular weight is 1560 g/mol. The van der Waals surface area contributed by atoms with Gasteiger partial charge in [-0.2, -0.15) is 8.78 Å². The van der Waals surface area contributed by atoms with E-state index in [0.717, 1.165) is 53.4 Å². The molecule has 2 saturated carbocycles. The monoisotopic (exact) mass is 1560 g/mol. The van der Waals surface area contributed by atoms with E-state index in [1.165, 1.54) is 152 Å². The Morgan fingerprint density at radius 2 is 0.545 bits per heavy atom. The molecule has 0 bridgehead atoms. The fourth-order valence-electron chi connectivity index (χ4n) is 14.9. The van der Waals surface area contributed by atoms with Crippen LogP contribution in [0.15, 0.2) is 121 Å². The summed E-state index contributed by atoms with van der Waals surface area (Å²) in [4.78, 5) is 0. The highest BCUT2D eigenvalue weighted by Gasteiger charge is 2.26. The third-order valence-electron chi connectivity index (χ3n) is 21.6. The zero-order valence-electron chi connectivity index (χ0n) is 68.0. The van der Waals surface area contributed by atoms with Crippen LogP contribution in [0.25, 0.3) is 44.5 Å². The predicted octanol–water partition coefficient (Wildman–Crippen LogP) is 22.2. The van der Waals surface area contributed by atoms with Crippen LogP contribution in [0.4, 0.5) is 17.6 Å². The fraction of sp³-hybridized carbons (Fsp3) is 0.617. The molecule has 0 aromatic heterocycles. The normalized spacial score (nSPS) is 16.2. The number of rotatable bonds is 64. The van der Waals surface area contributed by atoms with Gasteiger partial charge in [-0.3, -0.25) is 0 Å². The van der Waals surface area contributed by atoms with Crippen LogP contribution in [0.2, 0.25) is 0 Å². The summed E-state index contributed by atoms with van der Waals surface area (Å²) in [6.45, 7) is 16.4. The molecule has 0 N–H and O–H groups in total. The summed E-state index contributed by atoms with van der Waals surface area (Å²) in [6.07, 6.45) is 30.6. The third kappa shape index (κ3) is 35.3. The molecule has 1 unspecified atom stereocenters. The summed E-state index contributed by atoms with van der Waals surface area (Å²) in [5.41, 5.74) is 8.70. The molecule has 0 amide bonds. The minimum absolute atomic E-state index is 0.0607. The lowest BCUT2D eigenvalue weighted by Crippen LogP contribution is -2.25. The van der Waals surface area contributed by atoms with Crippen LogP contribution in [0, 0.1) is 35.1 Å². The summed E-state index contributed by atoms with van der Waals surface area (Å²) in [5, 5.41) is 0. The smallest absolute Gasteiger partial charge is 0.201 e. The van der Waals surface area contributed by atoms with Gasteiger partial charge in [0.05, 0.1) is 159 Å². The van der Waals surface area contributed by atoms with Crippen molar-refractivity contribution in [2.24, 2.45) is 11.8 Å². The number of hydrogen-bond donors (Lipinski definition) is 0. The Kier molecular flexibility index (Phi) is 46.9. The summed E-state index contributed by atoms with van der Waals surface area (Å²) in [6, 6.07) is 39.3. The Morgan fingerprint density at radius 1 is 0.268 bits per heavy atom. The lowest BCUT2D eigenvalue weighted by Gasteiger charge is -2.29. The molecule has 622 valence electrons. The first-order chi connectivity index (χ1) is 55.2. The molecule has 0 heterocycles. The molecule has 2 aliphatic carbocycles. The van der Waals surface area contributed by atoms with Crippen molar-refractivity contribution >= 4 is 0 Å². The molecule has 6 aromatic rings. The average Bonchev–Trinajstić information content (AvgIpc) is 0.804. The van der Waals surface area contributed by atoms with Gasteiger partial charge in [0.15, 0.2) is 23.1 Å². The molecule has 18 heteroatoms. The fourth-order valence-corrected chi connectivity index (χ4v) is 14.9. The van der Waals surface area contributed by atoms with Crippen LogP contribution in [-0.4, -0.2) is 171 Å². The van der Waals surface area contributed by atoms with Crippen LogP contribution in [0.5, 0.6) is 11.5 Å². The van der Waals surface area contributed by atoms with Gasteiger partial charge in [-0.15, -0.1) is 0 Å². The number of unbranched alkanes of at least 4 members (excludes halogenated alkanes) is 11. The van der Waals surface area contributed by atoms with E-state index in [0.29, 0.717) is 175 Å². The second kappa shape index (κ2) is 57.3. The van der Waals surface area contributed by atoms with Crippen molar-refractivity contribution in [1.29, 1.82) is 0 Å². The van der Waals surface area contributed by atoms with E-state index in [1.807, 2.05) is 48.5 Å². The van der Waals surface area contributed by atoms with E-state index in [2.05, 4.69) is 69.3 Å². The topological polar surface area (TPSA) is 129 Å². The number of benzene rings is 6. The van der Waals surface area contributed by atoms with Crippen molar-refractivity contribution in [3.63, 3.8) is 0 Å². The van der Waals surface area contributed by atoms with Crippen molar-refractivity contribution < 1.29 is 83.9 Å². The Morgan fingerprint density at radius 3 is 0.893 bits per heavy atom. The molecule has 0 spiro atoms. The van der Waals surface area contributed by atoms with E-state index < -0.39 is 29.4 Å². The van der Waals surface area contributed by atoms with Gasteiger partial charge in [0.2, 0.25) is 11.6 Å². The van der Waals surface area contributed by atoms with Crippen LogP contribution in [-0.2, 0) is 56.8 Å². The molecule has 1 atom stereocenters. The summed E-state index contributed by atoms with van der Waals surface area (Å²) in [7, 11) is 0.